The predicted octanol–water partition coefficient (Wildman–Crippen LogP) is 3.54. The Morgan fingerprint density at radius 3 is 2.89 bits per heavy atom. The number of nitrogens with zero attached hydrogens (tertiary/aromatic N) is 3. The van der Waals surface area contributed by atoms with Crippen molar-refractivity contribution < 1.29 is 4.79 Å². The standard InChI is InChI=1S/C20H19N5OS/c21-12-14-5-6-18(25-7-1-2-8-25)16(10-14)20(26)22-13-15-11-17(24-23-15)19-4-3-9-27-19/h3-6,9-11H,1-2,7-8,13H2,(H,22,26)(H,23,24). The fraction of sp³-hybridized carbons (Fsp3) is 0.250. The molecule has 0 bridgehead atoms. The second-order valence-electron chi connectivity index (χ2n) is 6.48. The van der Waals surface area contributed by atoms with Crippen molar-refractivity contribution in [2.75, 3.05) is 18.0 Å². The number of nitrogens with one attached hydrogen (secondary N) is 2. The molecule has 136 valence electrons. The molecule has 0 spiro atoms. The number of carbonyl (C=O) groups is 1. The molecule has 0 atom stereocenters. The lowest BCUT2D eigenvalue weighted by Gasteiger charge is -2.21. The van der Waals surface area contributed by atoms with E-state index in [1.807, 2.05) is 29.6 Å². The third kappa shape index (κ3) is 3.71. The van der Waals surface area contributed by atoms with Crippen LogP contribution in [0.5, 0.6) is 0 Å². The quantitative estimate of drug-likeness (QED) is 0.712. The highest BCUT2D eigenvalue weighted by atomic mass is 32.1. The highest BCUT2D eigenvalue weighted by Gasteiger charge is 2.20. The van der Waals surface area contributed by atoms with Crippen LogP contribution in [0.2, 0.25) is 0 Å². The first-order valence-electron chi connectivity index (χ1n) is 8.90. The largest absolute Gasteiger partial charge is 0.371 e. The maximum Gasteiger partial charge on any atom is 0.253 e. The first-order valence-corrected chi connectivity index (χ1v) is 9.78. The monoisotopic (exact) mass is 377 g/mol. The summed E-state index contributed by atoms with van der Waals surface area (Å²) in [6.07, 6.45) is 2.25. The number of hydrogen-bond donors (Lipinski definition) is 2. The number of H-pyrrole nitrogens is 1. The van der Waals surface area contributed by atoms with Crippen LogP contribution in [-0.4, -0.2) is 29.2 Å². The summed E-state index contributed by atoms with van der Waals surface area (Å²) >= 11 is 1.62. The second-order valence-corrected chi connectivity index (χ2v) is 7.42. The van der Waals surface area contributed by atoms with E-state index in [-0.39, 0.29) is 5.91 Å². The topological polar surface area (TPSA) is 84.8 Å². The Balaban J connectivity index is 1.50. The van der Waals surface area contributed by atoms with Crippen molar-refractivity contribution in [2.24, 2.45) is 0 Å². The molecule has 7 heteroatoms. The number of benzene rings is 1. The smallest absolute Gasteiger partial charge is 0.253 e. The maximum absolute atomic E-state index is 12.8. The average molecular weight is 377 g/mol. The van der Waals surface area contributed by atoms with Gasteiger partial charge in [-0.15, -0.1) is 11.3 Å². The maximum atomic E-state index is 12.8. The minimum atomic E-state index is -0.179. The van der Waals surface area contributed by atoms with Gasteiger partial charge in [0, 0.05) is 18.8 Å². The molecule has 3 heterocycles. The number of carbonyl (C=O) groups excluding carboxylic acids is 1. The zero-order chi connectivity index (χ0) is 18.6. The van der Waals surface area contributed by atoms with Crippen LogP contribution in [0, 0.1) is 11.3 Å². The van der Waals surface area contributed by atoms with E-state index >= 15 is 0 Å². The summed E-state index contributed by atoms with van der Waals surface area (Å²) in [5.41, 5.74) is 3.65. The molecule has 2 aromatic heterocycles. The minimum absolute atomic E-state index is 0.179. The molecular formula is C20H19N5OS. The van der Waals surface area contributed by atoms with Gasteiger partial charge in [-0.05, 0) is 48.6 Å². The minimum Gasteiger partial charge on any atom is -0.371 e. The summed E-state index contributed by atoms with van der Waals surface area (Å²) in [7, 11) is 0. The average Bonchev–Trinajstić information content (AvgIpc) is 3.47. The van der Waals surface area contributed by atoms with E-state index in [2.05, 4.69) is 26.5 Å². The van der Waals surface area contributed by atoms with Gasteiger partial charge in [0.05, 0.1) is 34.3 Å². The molecule has 0 radical (unpaired) electrons. The van der Waals surface area contributed by atoms with Gasteiger partial charge < -0.3 is 10.2 Å². The Labute approximate surface area is 161 Å². The molecule has 4 rings (SSSR count). The first kappa shape index (κ1) is 17.3. The van der Waals surface area contributed by atoms with Crippen molar-refractivity contribution in [1.82, 2.24) is 15.5 Å². The van der Waals surface area contributed by atoms with E-state index in [1.54, 1.807) is 23.5 Å². The summed E-state index contributed by atoms with van der Waals surface area (Å²) in [4.78, 5) is 16.1. The number of aromatic nitrogens is 2. The zero-order valence-electron chi connectivity index (χ0n) is 14.7. The van der Waals surface area contributed by atoms with Gasteiger partial charge in [0.1, 0.15) is 5.69 Å². The van der Waals surface area contributed by atoms with Crippen molar-refractivity contribution in [3.8, 4) is 16.6 Å². The number of aromatic amines is 1. The number of rotatable bonds is 5. The van der Waals surface area contributed by atoms with Crippen molar-refractivity contribution >= 4 is 22.9 Å². The third-order valence-corrected chi connectivity index (χ3v) is 5.55. The Morgan fingerprint density at radius 1 is 1.30 bits per heavy atom. The van der Waals surface area contributed by atoms with Gasteiger partial charge in [0.15, 0.2) is 0 Å². The molecular weight excluding hydrogens is 358 g/mol. The van der Waals surface area contributed by atoms with E-state index in [4.69, 9.17) is 0 Å². The van der Waals surface area contributed by atoms with Gasteiger partial charge in [-0.25, -0.2) is 0 Å². The van der Waals surface area contributed by atoms with Crippen LogP contribution in [0.1, 0.15) is 34.5 Å². The van der Waals surface area contributed by atoms with E-state index in [0.717, 1.165) is 47.9 Å². The Kier molecular flexibility index (Phi) is 4.90. The summed E-state index contributed by atoms with van der Waals surface area (Å²) in [5.74, 6) is -0.179. The molecule has 1 amide bonds. The van der Waals surface area contributed by atoms with Crippen LogP contribution in [0.15, 0.2) is 41.8 Å². The Bertz CT molecular complexity index is 980. The number of anilines is 1. The summed E-state index contributed by atoms with van der Waals surface area (Å²) in [5, 5.41) is 21.4. The van der Waals surface area contributed by atoms with E-state index in [0.29, 0.717) is 17.7 Å². The van der Waals surface area contributed by atoms with Crippen LogP contribution in [-0.2, 0) is 6.54 Å². The van der Waals surface area contributed by atoms with Gasteiger partial charge in [0.25, 0.3) is 5.91 Å². The molecule has 1 fully saturated rings. The van der Waals surface area contributed by atoms with Crippen molar-refractivity contribution in [3.05, 3.63) is 58.6 Å². The highest BCUT2D eigenvalue weighted by molar-refractivity contribution is 7.13. The molecule has 0 aliphatic carbocycles. The van der Waals surface area contributed by atoms with Crippen LogP contribution in [0.25, 0.3) is 10.6 Å². The van der Waals surface area contributed by atoms with E-state index < -0.39 is 0 Å². The van der Waals surface area contributed by atoms with Crippen LogP contribution in [0.4, 0.5) is 5.69 Å². The normalized spacial score (nSPS) is 13.5. The van der Waals surface area contributed by atoms with Gasteiger partial charge >= 0.3 is 0 Å². The fourth-order valence-electron chi connectivity index (χ4n) is 3.29. The van der Waals surface area contributed by atoms with Gasteiger partial charge in [-0.3, -0.25) is 9.89 Å². The van der Waals surface area contributed by atoms with Crippen LogP contribution < -0.4 is 10.2 Å². The van der Waals surface area contributed by atoms with Crippen molar-refractivity contribution in [1.29, 1.82) is 5.26 Å². The lowest BCUT2D eigenvalue weighted by molar-refractivity contribution is 0.0951. The SMILES string of the molecule is N#Cc1ccc(N2CCCC2)c(C(=O)NCc2cc(-c3cccs3)n[nH]2)c1. The van der Waals surface area contributed by atoms with Crippen molar-refractivity contribution in [2.45, 2.75) is 19.4 Å². The summed E-state index contributed by atoms with van der Waals surface area (Å²) in [6, 6.07) is 13.4. The van der Waals surface area contributed by atoms with E-state index in [9.17, 15) is 10.1 Å². The third-order valence-electron chi connectivity index (χ3n) is 4.66. The van der Waals surface area contributed by atoms with Gasteiger partial charge in [-0.2, -0.15) is 10.4 Å². The number of thiophene rings is 1. The number of amides is 1. The fourth-order valence-corrected chi connectivity index (χ4v) is 3.98. The summed E-state index contributed by atoms with van der Waals surface area (Å²) < 4.78 is 0. The Hall–Kier alpha value is -3.11. The van der Waals surface area contributed by atoms with Gasteiger partial charge in [0.2, 0.25) is 0 Å². The molecule has 0 unspecified atom stereocenters. The molecule has 6 nitrogen and oxygen atoms in total. The summed E-state index contributed by atoms with van der Waals surface area (Å²) in [6.45, 7) is 2.24. The Morgan fingerprint density at radius 2 is 2.15 bits per heavy atom. The molecule has 2 N–H and O–H groups in total. The van der Waals surface area contributed by atoms with Gasteiger partial charge in [-0.1, -0.05) is 6.07 Å². The predicted molar refractivity (Wildman–Crippen MR) is 106 cm³/mol. The van der Waals surface area contributed by atoms with E-state index in [1.165, 1.54) is 0 Å². The molecule has 1 saturated heterocycles. The lowest BCUT2D eigenvalue weighted by atomic mass is 10.1. The molecule has 0 saturated carbocycles. The first-order chi connectivity index (χ1) is 13.2. The molecule has 3 aromatic rings. The number of nitriles is 1. The van der Waals surface area contributed by atoms with Crippen molar-refractivity contribution in [3.63, 3.8) is 0 Å². The zero-order valence-corrected chi connectivity index (χ0v) is 15.6. The van der Waals surface area contributed by atoms with Crippen LogP contribution >= 0.6 is 11.3 Å². The highest BCUT2D eigenvalue weighted by Crippen LogP contribution is 2.26. The molecule has 1 aliphatic rings. The molecule has 1 aromatic carbocycles. The second kappa shape index (κ2) is 7.64. The van der Waals surface area contributed by atoms with Crippen LogP contribution in [0.3, 0.4) is 0 Å². The molecule has 1 aliphatic heterocycles. The lowest BCUT2D eigenvalue weighted by Crippen LogP contribution is -2.27. The molecule has 27 heavy (non-hydrogen) atoms. The number of hydrogen-bond acceptors (Lipinski definition) is 5.